The molecule has 0 heterocycles. The molecule has 0 aliphatic rings. The molecule has 0 bridgehead atoms. The Balaban J connectivity index is 0. The van der Waals surface area contributed by atoms with Gasteiger partial charge in [-0.15, -0.1) is 12.8 Å². The van der Waals surface area contributed by atoms with E-state index in [4.69, 9.17) is 0 Å². The Morgan fingerprint density at radius 3 is 2.07 bits per heavy atom. The molecule has 0 unspecified atom stereocenters. The number of ether oxygens (including phenoxy) is 1. The van der Waals surface area contributed by atoms with Crippen LogP contribution in [0.1, 0.15) is 27.2 Å². The third-order valence-electron chi connectivity index (χ3n) is 1.54. The quantitative estimate of drug-likeness (QED) is 0.161. The van der Waals surface area contributed by atoms with Gasteiger partial charge in [0.2, 0.25) is 5.97 Å². The standard InChI is InChI=1S/C9H13O4.Li/c1-4-7(10)6(3)8(11)9(12)13-5-2;/h4-5H2,1-3H3;/q-1;+1. The molecule has 0 amide bonds. The van der Waals surface area contributed by atoms with Gasteiger partial charge in [-0.3, -0.25) is 0 Å². The van der Waals surface area contributed by atoms with E-state index in [2.05, 4.69) is 4.74 Å². The first-order valence-electron chi connectivity index (χ1n) is 4.12. The van der Waals surface area contributed by atoms with E-state index in [1.807, 2.05) is 0 Å². The van der Waals surface area contributed by atoms with Crippen molar-refractivity contribution in [2.75, 3.05) is 6.61 Å². The van der Waals surface area contributed by atoms with Gasteiger partial charge >= 0.3 is 18.9 Å². The van der Waals surface area contributed by atoms with Gasteiger partial charge in [0.1, 0.15) is 5.78 Å². The second-order valence-corrected chi connectivity index (χ2v) is 2.45. The molecular weight excluding hydrogens is 179 g/mol. The van der Waals surface area contributed by atoms with Gasteiger partial charge in [0, 0.05) is 0 Å². The second kappa shape index (κ2) is 7.66. The van der Waals surface area contributed by atoms with Crippen LogP contribution in [-0.4, -0.2) is 24.1 Å². The number of esters is 1. The summed E-state index contributed by atoms with van der Waals surface area (Å²) in [6.07, 6.45) is 0.219. The molecule has 0 aromatic carbocycles. The largest absolute Gasteiger partial charge is 1.00 e. The number of hydrogen-bond donors (Lipinski definition) is 0. The number of Topliss-reactive ketones (excluding diaryl/α,β-unsaturated/α-hetero) is 2. The van der Waals surface area contributed by atoms with Gasteiger partial charge in [0.25, 0.3) is 0 Å². The van der Waals surface area contributed by atoms with E-state index in [1.54, 1.807) is 13.8 Å². The Hall–Kier alpha value is -0.723. The molecule has 0 N–H and O–H groups in total. The summed E-state index contributed by atoms with van der Waals surface area (Å²) in [5, 5.41) is 0. The summed E-state index contributed by atoms with van der Waals surface area (Å²) in [7, 11) is 0. The van der Waals surface area contributed by atoms with Gasteiger partial charge in [0.05, 0.1) is 12.4 Å². The van der Waals surface area contributed by atoms with Crippen molar-refractivity contribution < 1.29 is 38.0 Å². The fraction of sp³-hybridized carbons (Fsp3) is 0.556. The summed E-state index contributed by atoms with van der Waals surface area (Å²) in [6.45, 7) is 4.70. The maximum absolute atomic E-state index is 11.1. The molecule has 0 aromatic rings. The van der Waals surface area contributed by atoms with Crippen molar-refractivity contribution in [3.63, 3.8) is 0 Å². The summed E-state index contributed by atoms with van der Waals surface area (Å²) in [4.78, 5) is 33.0. The Kier molecular flexibility index (Phi) is 8.61. The average molecular weight is 192 g/mol. The Bertz CT molecular complexity index is 225. The van der Waals surface area contributed by atoms with Crippen molar-refractivity contribution in [2.45, 2.75) is 27.2 Å². The van der Waals surface area contributed by atoms with Gasteiger partial charge in [-0.05, 0) is 13.3 Å². The van der Waals surface area contributed by atoms with Crippen LogP contribution in [0.4, 0.5) is 0 Å². The van der Waals surface area contributed by atoms with Crippen molar-refractivity contribution in [3.8, 4) is 0 Å². The van der Waals surface area contributed by atoms with Gasteiger partial charge in [-0.2, -0.15) is 0 Å². The number of ketones is 2. The topological polar surface area (TPSA) is 60.4 Å². The smallest absolute Gasteiger partial charge is 0.545 e. The number of carbonyl (C=O) groups is 3. The van der Waals surface area contributed by atoms with Crippen molar-refractivity contribution in [1.82, 2.24) is 0 Å². The minimum Gasteiger partial charge on any atom is -0.545 e. The molecule has 0 saturated heterocycles. The van der Waals surface area contributed by atoms with Crippen LogP contribution in [0, 0.1) is 5.92 Å². The Labute approximate surface area is 95.6 Å². The second-order valence-electron chi connectivity index (χ2n) is 2.45. The molecule has 0 aromatic heterocycles. The molecule has 14 heavy (non-hydrogen) atoms. The van der Waals surface area contributed by atoms with E-state index in [9.17, 15) is 14.4 Å². The number of carbonyl (C=O) groups excluding carboxylic acids is 3. The average Bonchev–Trinajstić information content (AvgIpc) is 2.14. The fourth-order valence-electron chi connectivity index (χ4n) is 0.742. The van der Waals surface area contributed by atoms with Crippen LogP contribution in [0.3, 0.4) is 0 Å². The summed E-state index contributed by atoms with van der Waals surface area (Å²) in [5.41, 5.74) is 0. The maximum Gasteiger partial charge on any atom is 1.00 e. The zero-order chi connectivity index (χ0) is 10.4. The van der Waals surface area contributed by atoms with Crippen LogP contribution in [-0.2, 0) is 19.1 Å². The normalized spacial score (nSPS) is 8.50. The molecule has 0 aliphatic carbocycles. The third-order valence-corrected chi connectivity index (χ3v) is 1.54. The Morgan fingerprint density at radius 2 is 1.71 bits per heavy atom. The van der Waals surface area contributed by atoms with Crippen molar-refractivity contribution >= 4 is 17.5 Å². The van der Waals surface area contributed by atoms with E-state index in [0.717, 1.165) is 0 Å². The van der Waals surface area contributed by atoms with E-state index >= 15 is 0 Å². The zero-order valence-electron chi connectivity index (χ0n) is 9.05. The predicted molar refractivity (Wildman–Crippen MR) is 45.9 cm³/mol. The van der Waals surface area contributed by atoms with Gasteiger partial charge in [0.15, 0.2) is 0 Å². The molecular formula is C9H13LiO4. The van der Waals surface area contributed by atoms with Crippen LogP contribution in [0.25, 0.3) is 0 Å². The molecule has 0 rings (SSSR count). The van der Waals surface area contributed by atoms with E-state index in [-0.39, 0.29) is 43.6 Å². The van der Waals surface area contributed by atoms with Crippen LogP contribution in [0.5, 0.6) is 0 Å². The molecule has 0 atom stereocenters. The third kappa shape index (κ3) is 4.50. The van der Waals surface area contributed by atoms with Crippen molar-refractivity contribution in [3.05, 3.63) is 5.92 Å². The van der Waals surface area contributed by atoms with E-state index < -0.39 is 11.8 Å². The SMILES string of the molecule is CCOC(=O)C(=O)[C-](C)C(=O)CC.[Li+]. The molecule has 0 aliphatic heterocycles. The molecule has 0 radical (unpaired) electrons. The summed E-state index contributed by atoms with van der Waals surface area (Å²) < 4.78 is 4.46. The van der Waals surface area contributed by atoms with E-state index in [0.29, 0.717) is 0 Å². The first-order chi connectivity index (χ1) is 6.04. The van der Waals surface area contributed by atoms with Gasteiger partial charge in [-0.1, -0.05) is 6.92 Å². The molecule has 5 heteroatoms. The summed E-state index contributed by atoms with van der Waals surface area (Å²) in [6, 6.07) is 0. The predicted octanol–water partition coefficient (Wildman–Crippen LogP) is -2.30. The first kappa shape index (κ1) is 15.7. The van der Waals surface area contributed by atoms with Crippen LogP contribution in [0.2, 0.25) is 0 Å². The maximum atomic E-state index is 11.1. The van der Waals surface area contributed by atoms with Gasteiger partial charge < -0.3 is 19.1 Å². The van der Waals surface area contributed by atoms with Crippen LogP contribution >= 0.6 is 0 Å². The summed E-state index contributed by atoms with van der Waals surface area (Å²) in [5.74, 6) is -2.17. The van der Waals surface area contributed by atoms with Gasteiger partial charge in [-0.25, -0.2) is 0 Å². The van der Waals surface area contributed by atoms with Crippen LogP contribution in [0.15, 0.2) is 0 Å². The van der Waals surface area contributed by atoms with Crippen molar-refractivity contribution in [2.24, 2.45) is 0 Å². The first-order valence-corrected chi connectivity index (χ1v) is 4.12. The fourth-order valence-corrected chi connectivity index (χ4v) is 0.742. The summed E-state index contributed by atoms with van der Waals surface area (Å²) >= 11 is 0. The zero-order valence-corrected chi connectivity index (χ0v) is 9.05. The Morgan fingerprint density at radius 1 is 1.21 bits per heavy atom. The monoisotopic (exact) mass is 192 g/mol. The minimum absolute atomic E-state index is 0. The molecule has 4 nitrogen and oxygen atoms in total. The molecule has 0 spiro atoms. The van der Waals surface area contributed by atoms with Crippen LogP contribution < -0.4 is 18.9 Å². The minimum atomic E-state index is -0.957. The van der Waals surface area contributed by atoms with E-state index in [1.165, 1.54) is 6.92 Å². The number of rotatable bonds is 5. The van der Waals surface area contributed by atoms with Crippen molar-refractivity contribution in [1.29, 1.82) is 0 Å². The molecule has 0 saturated carbocycles. The molecule has 74 valence electrons. The number of hydrogen-bond acceptors (Lipinski definition) is 4. The molecule has 0 fully saturated rings.